The van der Waals surface area contributed by atoms with Crippen LogP contribution in [0.3, 0.4) is 0 Å². The van der Waals surface area contributed by atoms with Gasteiger partial charge in [-0.25, -0.2) is 0 Å². The first kappa shape index (κ1) is 13.9. The molecule has 3 rings (SSSR count). The lowest BCUT2D eigenvalue weighted by Gasteiger charge is -2.27. The molecule has 0 saturated heterocycles. The van der Waals surface area contributed by atoms with E-state index in [-0.39, 0.29) is 6.10 Å². The third kappa shape index (κ3) is 2.71. The topological polar surface area (TPSA) is 48.1 Å². The van der Waals surface area contributed by atoms with Gasteiger partial charge in [-0.2, -0.15) is 0 Å². The Morgan fingerprint density at radius 1 is 1.20 bits per heavy atom. The van der Waals surface area contributed by atoms with Crippen molar-refractivity contribution in [3.05, 3.63) is 34.6 Å². The van der Waals surface area contributed by atoms with Gasteiger partial charge in [-0.05, 0) is 37.8 Å². The largest absolute Gasteiger partial charge is 0.487 e. The van der Waals surface area contributed by atoms with Crippen LogP contribution in [0.15, 0.2) is 24.5 Å². The monoisotopic (exact) mass is 310 g/mol. The molecule has 0 spiro atoms. The highest BCUT2D eigenvalue weighted by atomic mass is 35.5. The molecule has 1 aliphatic rings. The number of rotatable bonds is 2. The van der Waals surface area contributed by atoms with E-state index in [0.717, 1.165) is 36.5 Å². The zero-order valence-electron chi connectivity index (χ0n) is 11.0. The van der Waals surface area contributed by atoms with E-state index in [9.17, 15) is 0 Å². The average molecular weight is 311 g/mol. The molecule has 1 saturated carbocycles. The molecule has 1 heterocycles. The van der Waals surface area contributed by atoms with Crippen LogP contribution in [-0.2, 0) is 0 Å². The zero-order chi connectivity index (χ0) is 14.1. The number of pyridine rings is 1. The fraction of sp³-hybridized carbons (Fsp3) is 0.400. The van der Waals surface area contributed by atoms with Gasteiger partial charge in [-0.15, -0.1) is 0 Å². The lowest BCUT2D eigenvalue weighted by molar-refractivity contribution is 0.147. The Kier molecular flexibility index (Phi) is 4.01. The number of hydrogen-bond acceptors (Lipinski definition) is 3. The Balaban J connectivity index is 1.91. The maximum atomic E-state index is 6.43. The molecule has 0 aliphatic heterocycles. The third-order valence-electron chi connectivity index (χ3n) is 3.79. The Hall–Kier alpha value is -1.03. The first-order valence-corrected chi connectivity index (χ1v) is 7.54. The van der Waals surface area contributed by atoms with Gasteiger partial charge in [-0.1, -0.05) is 23.2 Å². The molecule has 0 radical (unpaired) electrons. The van der Waals surface area contributed by atoms with Crippen molar-refractivity contribution in [2.75, 3.05) is 0 Å². The van der Waals surface area contributed by atoms with Crippen molar-refractivity contribution in [1.82, 2.24) is 4.98 Å². The number of fused-ring (bicyclic) bond motifs is 1. The molecule has 5 heteroatoms. The predicted octanol–water partition coefficient (Wildman–Crippen LogP) is 4.19. The highest BCUT2D eigenvalue weighted by Crippen LogP contribution is 2.40. The molecule has 2 N–H and O–H groups in total. The zero-order valence-corrected chi connectivity index (χ0v) is 12.5. The number of benzene rings is 1. The lowest BCUT2D eigenvalue weighted by atomic mass is 9.94. The minimum atomic E-state index is 0.143. The molecule has 20 heavy (non-hydrogen) atoms. The number of hydrogen-bond donors (Lipinski definition) is 1. The maximum absolute atomic E-state index is 6.43. The Labute approximate surface area is 128 Å². The van der Waals surface area contributed by atoms with E-state index < -0.39 is 0 Å². The summed E-state index contributed by atoms with van der Waals surface area (Å²) in [5.74, 6) is 0.576. The summed E-state index contributed by atoms with van der Waals surface area (Å²) in [6.45, 7) is 0. The Morgan fingerprint density at radius 2 is 1.95 bits per heavy atom. The fourth-order valence-corrected chi connectivity index (χ4v) is 3.26. The average Bonchev–Trinajstić information content (AvgIpc) is 2.45. The van der Waals surface area contributed by atoms with Gasteiger partial charge >= 0.3 is 0 Å². The van der Waals surface area contributed by atoms with Crippen LogP contribution in [-0.4, -0.2) is 17.1 Å². The molecule has 1 aromatic heterocycles. The molecule has 1 fully saturated rings. The number of nitrogens with zero attached hydrogens (tertiary/aromatic N) is 1. The van der Waals surface area contributed by atoms with Crippen LogP contribution < -0.4 is 10.5 Å². The molecule has 0 unspecified atom stereocenters. The summed E-state index contributed by atoms with van der Waals surface area (Å²) < 4.78 is 6.03. The van der Waals surface area contributed by atoms with Crippen LogP contribution in [0.2, 0.25) is 10.0 Å². The fourth-order valence-electron chi connectivity index (χ4n) is 2.63. The van der Waals surface area contributed by atoms with E-state index in [1.807, 2.05) is 12.1 Å². The predicted molar refractivity (Wildman–Crippen MR) is 82.6 cm³/mol. The summed E-state index contributed by atoms with van der Waals surface area (Å²) in [7, 11) is 0. The van der Waals surface area contributed by atoms with Crippen LogP contribution in [0.25, 0.3) is 10.8 Å². The van der Waals surface area contributed by atoms with Crippen molar-refractivity contribution in [2.45, 2.75) is 37.8 Å². The van der Waals surface area contributed by atoms with Gasteiger partial charge in [0.1, 0.15) is 0 Å². The van der Waals surface area contributed by atoms with E-state index in [1.165, 1.54) is 0 Å². The molecular weight excluding hydrogens is 295 g/mol. The molecule has 3 nitrogen and oxygen atoms in total. The molecule has 0 atom stereocenters. The first-order chi connectivity index (χ1) is 9.65. The quantitative estimate of drug-likeness (QED) is 0.904. The second-order valence-corrected chi connectivity index (χ2v) is 6.04. The van der Waals surface area contributed by atoms with E-state index in [4.69, 9.17) is 33.7 Å². The molecule has 0 bridgehead atoms. The lowest BCUT2D eigenvalue weighted by Crippen LogP contribution is -2.31. The minimum absolute atomic E-state index is 0.143. The van der Waals surface area contributed by atoms with E-state index in [0.29, 0.717) is 21.8 Å². The Bertz CT molecular complexity index is 625. The summed E-state index contributed by atoms with van der Waals surface area (Å²) in [4.78, 5) is 4.08. The van der Waals surface area contributed by atoms with Crippen LogP contribution >= 0.6 is 23.2 Å². The van der Waals surface area contributed by atoms with Gasteiger partial charge in [0.15, 0.2) is 5.75 Å². The van der Waals surface area contributed by atoms with Gasteiger partial charge in [0.25, 0.3) is 0 Å². The number of ether oxygens (including phenoxy) is 1. The normalized spacial score (nSPS) is 22.9. The smallest absolute Gasteiger partial charge is 0.157 e. The van der Waals surface area contributed by atoms with E-state index in [2.05, 4.69) is 4.98 Å². The summed E-state index contributed by atoms with van der Waals surface area (Å²) in [6.07, 6.45) is 7.46. The van der Waals surface area contributed by atoms with Crippen LogP contribution in [0.4, 0.5) is 0 Å². The van der Waals surface area contributed by atoms with Crippen LogP contribution in [0.1, 0.15) is 25.7 Å². The highest BCUT2D eigenvalue weighted by Gasteiger charge is 2.22. The number of aromatic nitrogens is 1. The van der Waals surface area contributed by atoms with Crippen molar-refractivity contribution in [3.8, 4) is 5.75 Å². The van der Waals surface area contributed by atoms with Gasteiger partial charge in [0.05, 0.1) is 16.1 Å². The molecule has 2 aromatic rings. The van der Waals surface area contributed by atoms with Crippen molar-refractivity contribution in [2.24, 2.45) is 5.73 Å². The maximum Gasteiger partial charge on any atom is 0.157 e. The van der Waals surface area contributed by atoms with Crippen LogP contribution in [0.5, 0.6) is 5.75 Å². The second-order valence-electron chi connectivity index (χ2n) is 5.25. The number of halogens is 2. The second kappa shape index (κ2) is 5.76. The number of nitrogens with two attached hydrogens (primary N) is 1. The molecule has 1 aromatic carbocycles. The van der Waals surface area contributed by atoms with Crippen molar-refractivity contribution < 1.29 is 4.74 Å². The van der Waals surface area contributed by atoms with Gasteiger partial charge < -0.3 is 10.5 Å². The van der Waals surface area contributed by atoms with Crippen molar-refractivity contribution >= 4 is 34.0 Å². The van der Waals surface area contributed by atoms with Crippen molar-refractivity contribution in [1.29, 1.82) is 0 Å². The van der Waals surface area contributed by atoms with Gasteiger partial charge in [-0.3, -0.25) is 4.98 Å². The van der Waals surface area contributed by atoms with Crippen molar-refractivity contribution in [3.63, 3.8) is 0 Å². The summed E-state index contributed by atoms with van der Waals surface area (Å²) in [5, 5.41) is 2.92. The first-order valence-electron chi connectivity index (χ1n) is 6.79. The summed E-state index contributed by atoms with van der Waals surface area (Å²) in [5.41, 5.74) is 5.91. The summed E-state index contributed by atoms with van der Waals surface area (Å²) >= 11 is 12.7. The Morgan fingerprint density at radius 3 is 2.70 bits per heavy atom. The molecule has 106 valence electrons. The summed E-state index contributed by atoms with van der Waals surface area (Å²) in [6, 6.07) is 4.01. The SMILES string of the molecule is NC1CCC(Oc2c(Cl)cc3cnccc3c2Cl)CC1. The van der Waals surface area contributed by atoms with E-state index >= 15 is 0 Å². The van der Waals surface area contributed by atoms with Crippen LogP contribution in [0, 0.1) is 0 Å². The molecule has 0 amide bonds. The standard InChI is InChI=1S/C15H16Cl2N2O/c16-13-7-9-8-19-6-5-12(9)14(17)15(13)20-11-3-1-10(18)2-4-11/h5-8,10-11H,1-4,18H2. The minimum Gasteiger partial charge on any atom is -0.487 e. The molecule has 1 aliphatic carbocycles. The highest BCUT2D eigenvalue weighted by molar-refractivity contribution is 6.41. The van der Waals surface area contributed by atoms with Gasteiger partial charge in [0, 0.05) is 29.2 Å². The van der Waals surface area contributed by atoms with Gasteiger partial charge in [0.2, 0.25) is 0 Å². The molecular formula is C15H16Cl2N2O. The third-order valence-corrected chi connectivity index (χ3v) is 4.45. The van der Waals surface area contributed by atoms with E-state index in [1.54, 1.807) is 12.4 Å².